The fraction of sp³-hybridized carbons (Fsp3) is 0.417. The molecule has 1 N–H and O–H groups in total. The first-order chi connectivity index (χ1) is 8.04. The highest BCUT2D eigenvalue weighted by molar-refractivity contribution is 7.90. The predicted molar refractivity (Wildman–Crippen MR) is 65.8 cm³/mol. The van der Waals surface area contributed by atoms with Crippen LogP contribution in [0.15, 0.2) is 23.1 Å². The van der Waals surface area contributed by atoms with E-state index in [1.807, 2.05) is 0 Å². The molecule has 1 aromatic heterocycles. The van der Waals surface area contributed by atoms with Crippen LogP contribution in [-0.2, 0) is 9.84 Å². The van der Waals surface area contributed by atoms with Crippen molar-refractivity contribution < 1.29 is 8.42 Å². The summed E-state index contributed by atoms with van der Waals surface area (Å²) in [6.07, 6.45) is 4.84. The van der Waals surface area contributed by atoms with Crippen LogP contribution in [0.3, 0.4) is 0 Å². The van der Waals surface area contributed by atoms with E-state index < -0.39 is 9.84 Å². The number of aromatic amines is 1. The van der Waals surface area contributed by atoms with Gasteiger partial charge in [0.05, 0.1) is 15.9 Å². The van der Waals surface area contributed by atoms with Gasteiger partial charge in [0.25, 0.3) is 0 Å². The highest BCUT2D eigenvalue weighted by Gasteiger charge is 2.22. The first-order valence-corrected chi connectivity index (χ1v) is 7.63. The number of aromatic nitrogens is 2. The molecule has 0 spiro atoms. The van der Waals surface area contributed by atoms with E-state index >= 15 is 0 Å². The molecule has 0 saturated heterocycles. The molecular weight excluding hydrogens is 236 g/mol. The van der Waals surface area contributed by atoms with Gasteiger partial charge in [-0.2, -0.15) is 0 Å². The van der Waals surface area contributed by atoms with Crippen LogP contribution in [0.5, 0.6) is 0 Å². The molecule has 0 atom stereocenters. The molecule has 1 fully saturated rings. The van der Waals surface area contributed by atoms with Gasteiger partial charge in [0, 0.05) is 12.2 Å². The normalized spacial score (nSPS) is 17.2. The van der Waals surface area contributed by atoms with Crippen molar-refractivity contribution in [2.75, 3.05) is 6.26 Å². The van der Waals surface area contributed by atoms with Crippen molar-refractivity contribution in [3.63, 3.8) is 0 Å². The lowest BCUT2D eigenvalue weighted by molar-refractivity contribution is 0.405. The fourth-order valence-electron chi connectivity index (χ4n) is 2.11. The fourth-order valence-corrected chi connectivity index (χ4v) is 2.76. The predicted octanol–water partition coefficient (Wildman–Crippen LogP) is 2.23. The average molecular weight is 250 g/mol. The highest BCUT2D eigenvalue weighted by Crippen LogP contribution is 2.35. The molecule has 17 heavy (non-hydrogen) atoms. The van der Waals surface area contributed by atoms with Crippen molar-refractivity contribution in [3.05, 3.63) is 24.0 Å². The first-order valence-electron chi connectivity index (χ1n) is 5.74. The molecule has 0 radical (unpaired) electrons. The van der Waals surface area contributed by atoms with E-state index in [4.69, 9.17) is 0 Å². The largest absolute Gasteiger partial charge is 0.342 e. The lowest BCUT2D eigenvalue weighted by atomic mass is 9.85. The second kappa shape index (κ2) is 3.57. The third-order valence-electron chi connectivity index (χ3n) is 3.39. The van der Waals surface area contributed by atoms with Crippen LogP contribution in [0.2, 0.25) is 0 Å². The average Bonchev–Trinajstić information content (AvgIpc) is 2.54. The Balaban J connectivity index is 2.10. The van der Waals surface area contributed by atoms with Crippen molar-refractivity contribution in [2.45, 2.75) is 30.1 Å². The molecule has 90 valence electrons. The number of sulfone groups is 1. The third kappa shape index (κ3) is 1.84. The Morgan fingerprint density at radius 3 is 2.71 bits per heavy atom. The third-order valence-corrected chi connectivity index (χ3v) is 4.50. The first kappa shape index (κ1) is 10.8. The topological polar surface area (TPSA) is 62.8 Å². The SMILES string of the molecule is CS(=O)(=O)c1ccc2nc(C3CCC3)[nH]c2c1. The van der Waals surface area contributed by atoms with Gasteiger partial charge in [-0.1, -0.05) is 6.42 Å². The Bertz CT molecular complexity index is 669. The number of hydrogen-bond acceptors (Lipinski definition) is 3. The molecule has 1 aromatic carbocycles. The second-order valence-electron chi connectivity index (χ2n) is 4.70. The molecule has 0 aliphatic heterocycles. The van der Waals surface area contributed by atoms with Gasteiger partial charge in [0.1, 0.15) is 5.82 Å². The molecule has 0 bridgehead atoms. The van der Waals surface area contributed by atoms with Crippen LogP contribution < -0.4 is 0 Å². The molecule has 5 heteroatoms. The maximum absolute atomic E-state index is 11.5. The Labute approximate surface area is 100.0 Å². The molecular formula is C12H14N2O2S. The van der Waals surface area contributed by atoms with Crippen molar-refractivity contribution in [1.82, 2.24) is 9.97 Å². The standard InChI is InChI=1S/C12H14N2O2S/c1-17(15,16)9-5-6-10-11(7-9)14-12(13-10)8-3-2-4-8/h5-8H,2-4H2,1H3,(H,13,14). The maximum Gasteiger partial charge on any atom is 0.175 e. The summed E-state index contributed by atoms with van der Waals surface area (Å²) >= 11 is 0. The highest BCUT2D eigenvalue weighted by atomic mass is 32.2. The van der Waals surface area contributed by atoms with E-state index in [0.717, 1.165) is 16.9 Å². The van der Waals surface area contributed by atoms with Gasteiger partial charge in [-0.15, -0.1) is 0 Å². The van der Waals surface area contributed by atoms with Crippen molar-refractivity contribution in [1.29, 1.82) is 0 Å². The quantitative estimate of drug-likeness (QED) is 0.889. The molecule has 4 nitrogen and oxygen atoms in total. The van der Waals surface area contributed by atoms with Crippen LogP contribution in [0.4, 0.5) is 0 Å². The zero-order valence-corrected chi connectivity index (χ0v) is 10.4. The molecule has 1 heterocycles. The lowest BCUT2D eigenvalue weighted by Gasteiger charge is -2.22. The van der Waals surface area contributed by atoms with Crippen LogP contribution >= 0.6 is 0 Å². The Morgan fingerprint density at radius 2 is 2.12 bits per heavy atom. The molecule has 1 aliphatic rings. The number of nitrogens with zero attached hydrogens (tertiary/aromatic N) is 1. The molecule has 1 aliphatic carbocycles. The van der Waals surface area contributed by atoms with Crippen molar-refractivity contribution in [2.24, 2.45) is 0 Å². The zero-order valence-electron chi connectivity index (χ0n) is 9.60. The van der Waals surface area contributed by atoms with Gasteiger partial charge in [0.15, 0.2) is 9.84 Å². The summed E-state index contributed by atoms with van der Waals surface area (Å²) in [5, 5.41) is 0. The van der Waals surface area contributed by atoms with Gasteiger partial charge in [0.2, 0.25) is 0 Å². The summed E-state index contributed by atoms with van der Waals surface area (Å²) in [5.74, 6) is 1.53. The zero-order chi connectivity index (χ0) is 12.0. The summed E-state index contributed by atoms with van der Waals surface area (Å²) in [7, 11) is -3.14. The van der Waals surface area contributed by atoms with E-state index in [-0.39, 0.29) is 0 Å². The molecule has 2 aromatic rings. The number of benzene rings is 1. The number of hydrogen-bond donors (Lipinski definition) is 1. The van der Waals surface area contributed by atoms with Gasteiger partial charge in [-0.25, -0.2) is 13.4 Å². The van der Waals surface area contributed by atoms with E-state index in [1.54, 1.807) is 18.2 Å². The van der Waals surface area contributed by atoms with E-state index in [9.17, 15) is 8.42 Å². The van der Waals surface area contributed by atoms with E-state index in [2.05, 4.69) is 9.97 Å². The number of fused-ring (bicyclic) bond motifs is 1. The van der Waals surface area contributed by atoms with Gasteiger partial charge >= 0.3 is 0 Å². The van der Waals surface area contributed by atoms with Crippen LogP contribution in [0, 0.1) is 0 Å². The van der Waals surface area contributed by atoms with Crippen LogP contribution in [0.25, 0.3) is 11.0 Å². The number of H-pyrrole nitrogens is 1. The number of imidazole rings is 1. The minimum absolute atomic E-state index is 0.341. The van der Waals surface area contributed by atoms with Crippen LogP contribution in [-0.4, -0.2) is 24.6 Å². The summed E-state index contributed by atoms with van der Waals surface area (Å²) < 4.78 is 22.9. The lowest BCUT2D eigenvalue weighted by Crippen LogP contribution is -2.10. The minimum Gasteiger partial charge on any atom is -0.342 e. The Morgan fingerprint density at radius 1 is 1.35 bits per heavy atom. The molecule has 3 rings (SSSR count). The molecule has 0 amide bonds. The van der Waals surface area contributed by atoms with Gasteiger partial charge in [-0.3, -0.25) is 0 Å². The molecule has 1 saturated carbocycles. The Kier molecular flexibility index (Phi) is 2.26. The summed E-state index contributed by atoms with van der Waals surface area (Å²) in [5.41, 5.74) is 1.66. The monoisotopic (exact) mass is 250 g/mol. The minimum atomic E-state index is -3.14. The summed E-state index contributed by atoms with van der Waals surface area (Å²) in [6.45, 7) is 0. The number of rotatable bonds is 2. The van der Waals surface area contributed by atoms with Crippen LogP contribution in [0.1, 0.15) is 31.0 Å². The maximum atomic E-state index is 11.5. The summed E-state index contributed by atoms with van der Waals surface area (Å²) in [6, 6.07) is 5.05. The Hall–Kier alpha value is -1.36. The van der Waals surface area contributed by atoms with E-state index in [0.29, 0.717) is 10.8 Å². The van der Waals surface area contributed by atoms with Gasteiger partial charge in [-0.05, 0) is 31.0 Å². The van der Waals surface area contributed by atoms with E-state index in [1.165, 1.54) is 25.5 Å². The molecule has 0 unspecified atom stereocenters. The second-order valence-corrected chi connectivity index (χ2v) is 6.72. The van der Waals surface area contributed by atoms with Crippen molar-refractivity contribution in [3.8, 4) is 0 Å². The smallest absolute Gasteiger partial charge is 0.175 e. The summed E-state index contributed by atoms with van der Waals surface area (Å²) in [4.78, 5) is 8.08. The van der Waals surface area contributed by atoms with Crippen molar-refractivity contribution >= 4 is 20.9 Å². The number of nitrogens with one attached hydrogen (secondary N) is 1. The van der Waals surface area contributed by atoms with Gasteiger partial charge < -0.3 is 4.98 Å².